The predicted molar refractivity (Wildman–Crippen MR) is 76.7 cm³/mol. The molecule has 1 atom stereocenters. The largest absolute Gasteiger partial charge is 0.380 e. The normalized spacial score (nSPS) is 18.3. The summed E-state index contributed by atoms with van der Waals surface area (Å²) in [5, 5.41) is 3.01. The lowest BCUT2D eigenvalue weighted by Crippen LogP contribution is -2.38. The maximum absolute atomic E-state index is 12.5. The molecule has 0 bridgehead atoms. The van der Waals surface area contributed by atoms with Crippen LogP contribution in [-0.2, 0) is 4.74 Å². The van der Waals surface area contributed by atoms with Gasteiger partial charge in [0.2, 0.25) is 5.95 Å². The van der Waals surface area contributed by atoms with E-state index in [1.807, 2.05) is 18.7 Å². The average Bonchev–Trinajstić information content (AvgIpc) is 2.94. The Morgan fingerprint density at radius 3 is 2.85 bits per heavy atom. The molecule has 20 heavy (non-hydrogen) atoms. The van der Waals surface area contributed by atoms with Crippen LogP contribution >= 0.6 is 0 Å². The molecule has 2 heterocycles. The van der Waals surface area contributed by atoms with Gasteiger partial charge in [0.25, 0.3) is 5.91 Å². The zero-order valence-electron chi connectivity index (χ0n) is 12.1. The van der Waals surface area contributed by atoms with E-state index in [-0.39, 0.29) is 11.9 Å². The molecule has 1 amide bonds. The van der Waals surface area contributed by atoms with Crippen LogP contribution in [-0.4, -0.2) is 53.1 Å². The second-order valence-corrected chi connectivity index (χ2v) is 4.78. The molecule has 0 spiro atoms. The summed E-state index contributed by atoms with van der Waals surface area (Å²) in [5.41, 5.74) is 0.537. The van der Waals surface area contributed by atoms with Crippen molar-refractivity contribution >= 4 is 11.9 Å². The first-order chi connectivity index (χ1) is 9.76. The summed E-state index contributed by atoms with van der Waals surface area (Å²) in [6.45, 7) is 6.78. The SMILES string of the molecule is CCNc1ncc(C(=O)N2CCC[C@H]2COCC)cn1. The minimum absolute atomic E-state index is 0.00440. The third kappa shape index (κ3) is 3.45. The molecule has 1 fully saturated rings. The maximum atomic E-state index is 12.5. The molecule has 6 nitrogen and oxygen atoms in total. The topological polar surface area (TPSA) is 67.4 Å². The van der Waals surface area contributed by atoms with Crippen LogP contribution in [0.4, 0.5) is 5.95 Å². The molecule has 0 saturated carbocycles. The fourth-order valence-electron chi connectivity index (χ4n) is 2.38. The fraction of sp³-hybridized carbons (Fsp3) is 0.643. The quantitative estimate of drug-likeness (QED) is 0.855. The van der Waals surface area contributed by atoms with E-state index in [1.165, 1.54) is 0 Å². The number of hydrogen-bond donors (Lipinski definition) is 1. The van der Waals surface area contributed by atoms with Crippen LogP contribution in [0.1, 0.15) is 37.0 Å². The predicted octanol–water partition coefficient (Wildman–Crippen LogP) is 1.55. The van der Waals surface area contributed by atoms with Gasteiger partial charge >= 0.3 is 0 Å². The van der Waals surface area contributed by atoms with Gasteiger partial charge in [-0.15, -0.1) is 0 Å². The van der Waals surface area contributed by atoms with E-state index < -0.39 is 0 Å². The average molecular weight is 278 g/mol. The van der Waals surface area contributed by atoms with Crippen molar-refractivity contribution in [1.29, 1.82) is 0 Å². The maximum Gasteiger partial charge on any atom is 0.257 e. The lowest BCUT2D eigenvalue weighted by Gasteiger charge is -2.24. The number of rotatable bonds is 6. The third-order valence-corrected chi connectivity index (χ3v) is 3.39. The van der Waals surface area contributed by atoms with Crippen LogP contribution in [0, 0.1) is 0 Å². The summed E-state index contributed by atoms with van der Waals surface area (Å²) in [7, 11) is 0. The van der Waals surface area contributed by atoms with Crippen molar-refractivity contribution < 1.29 is 9.53 Å². The number of amides is 1. The molecule has 1 aromatic rings. The second kappa shape index (κ2) is 7.19. The molecular formula is C14H22N4O2. The van der Waals surface area contributed by atoms with Crippen LogP contribution < -0.4 is 5.32 Å². The molecule has 0 aliphatic carbocycles. The lowest BCUT2D eigenvalue weighted by molar-refractivity contribution is 0.0564. The van der Waals surface area contributed by atoms with E-state index in [1.54, 1.807) is 12.4 Å². The minimum atomic E-state index is -0.00440. The van der Waals surface area contributed by atoms with Crippen LogP contribution in [0.5, 0.6) is 0 Å². The molecule has 1 aliphatic heterocycles. The number of nitrogens with one attached hydrogen (secondary N) is 1. The Morgan fingerprint density at radius 1 is 1.45 bits per heavy atom. The summed E-state index contributed by atoms with van der Waals surface area (Å²) < 4.78 is 5.45. The van der Waals surface area contributed by atoms with Gasteiger partial charge in [0.1, 0.15) is 0 Å². The van der Waals surface area contributed by atoms with Gasteiger partial charge in [0.05, 0.1) is 18.2 Å². The first kappa shape index (κ1) is 14.7. The number of nitrogens with zero attached hydrogens (tertiary/aromatic N) is 3. The molecule has 0 radical (unpaired) electrons. The van der Waals surface area contributed by atoms with Gasteiger partial charge in [-0.1, -0.05) is 0 Å². The van der Waals surface area contributed by atoms with E-state index in [0.717, 1.165) is 25.9 Å². The first-order valence-electron chi connectivity index (χ1n) is 7.20. The Balaban J connectivity index is 2.02. The van der Waals surface area contributed by atoms with E-state index in [0.29, 0.717) is 24.7 Å². The molecule has 1 aromatic heterocycles. The molecule has 110 valence electrons. The number of aromatic nitrogens is 2. The molecule has 1 aliphatic rings. The van der Waals surface area contributed by atoms with Crippen molar-refractivity contribution in [3.63, 3.8) is 0 Å². The highest BCUT2D eigenvalue weighted by atomic mass is 16.5. The number of carbonyl (C=O) groups is 1. The number of likely N-dealkylation sites (tertiary alicyclic amines) is 1. The molecule has 2 rings (SSSR count). The smallest absolute Gasteiger partial charge is 0.257 e. The number of anilines is 1. The van der Waals surface area contributed by atoms with Crippen molar-refractivity contribution in [2.45, 2.75) is 32.7 Å². The van der Waals surface area contributed by atoms with Crippen LogP contribution in [0.3, 0.4) is 0 Å². The Labute approximate surface area is 119 Å². The van der Waals surface area contributed by atoms with Gasteiger partial charge in [-0.25, -0.2) is 9.97 Å². The van der Waals surface area contributed by atoms with Crippen LogP contribution in [0.15, 0.2) is 12.4 Å². The van der Waals surface area contributed by atoms with E-state index >= 15 is 0 Å². The molecular weight excluding hydrogens is 256 g/mol. The van der Waals surface area contributed by atoms with Crippen molar-refractivity contribution in [3.05, 3.63) is 18.0 Å². The minimum Gasteiger partial charge on any atom is -0.380 e. The van der Waals surface area contributed by atoms with Crippen molar-refractivity contribution in [2.75, 3.05) is 31.6 Å². The molecule has 0 aromatic carbocycles. The highest BCUT2D eigenvalue weighted by Gasteiger charge is 2.29. The van der Waals surface area contributed by atoms with Crippen LogP contribution in [0.2, 0.25) is 0 Å². The highest BCUT2D eigenvalue weighted by molar-refractivity contribution is 5.94. The Kier molecular flexibility index (Phi) is 5.29. The van der Waals surface area contributed by atoms with E-state index in [9.17, 15) is 4.79 Å². The van der Waals surface area contributed by atoms with Crippen molar-refractivity contribution in [2.24, 2.45) is 0 Å². The summed E-state index contributed by atoms with van der Waals surface area (Å²) in [4.78, 5) is 22.6. The standard InChI is InChI=1S/C14H22N4O2/c1-3-15-14-16-8-11(9-17-14)13(19)18-7-5-6-12(18)10-20-4-2/h8-9,12H,3-7,10H2,1-2H3,(H,15,16,17)/t12-/m0/s1. The number of ether oxygens (including phenoxy) is 1. The van der Waals surface area contributed by atoms with Gasteiger partial charge in [-0.05, 0) is 26.7 Å². The van der Waals surface area contributed by atoms with Crippen LogP contribution in [0.25, 0.3) is 0 Å². The van der Waals surface area contributed by atoms with Crippen molar-refractivity contribution in [1.82, 2.24) is 14.9 Å². The summed E-state index contributed by atoms with van der Waals surface area (Å²) in [6.07, 6.45) is 5.20. The Hall–Kier alpha value is -1.69. The van der Waals surface area contributed by atoms with Gasteiger partial charge in [0, 0.05) is 32.1 Å². The molecule has 1 saturated heterocycles. The molecule has 6 heteroatoms. The number of carbonyl (C=O) groups excluding carboxylic acids is 1. The van der Waals surface area contributed by atoms with E-state index in [2.05, 4.69) is 15.3 Å². The van der Waals surface area contributed by atoms with Gasteiger partial charge in [0.15, 0.2) is 0 Å². The first-order valence-corrected chi connectivity index (χ1v) is 7.20. The lowest BCUT2D eigenvalue weighted by atomic mass is 10.2. The van der Waals surface area contributed by atoms with Gasteiger partial charge < -0.3 is 15.0 Å². The van der Waals surface area contributed by atoms with E-state index in [4.69, 9.17) is 4.74 Å². The summed E-state index contributed by atoms with van der Waals surface area (Å²) >= 11 is 0. The molecule has 0 unspecified atom stereocenters. The molecule has 1 N–H and O–H groups in total. The zero-order valence-corrected chi connectivity index (χ0v) is 12.1. The second-order valence-electron chi connectivity index (χ2n) is 4.78. The van der Waals surface area contributed by atoms with Crippen molar-refractivity contribution in [3.8, 4) is 0 Å². The number of hydrogen-bond acceptors (Lipinski definition) is 5. The monoisotopic (exact) mass is 278 g/mol. The highest BCUT2D eigenvalue weighted by Crippen LogP contribution is 2.20. The third-order valence-electron chi connectivity index (χ3n) is 3.39. The Bertz CT molecular complexity index is 435. The Morgan fingerprint density at radius 2 is 2.20 bits per heavy atom. The van der Waals surface area contributed by atoms with Gasteiger partial charge in [-0.3, -0.25) is 4.79 Å². The summed E-state index contributed by atoms with van der Waals surface area (Å²) in [6, 6.07) is 0.177. The fourth-order valence-corrected chi connectivity index (χ4v) is 2.38. The van der Waals surface area contributed by atoms with Gasteiger partial charge in [-0.2, -0.15) is 0 Å². The summed E-state index contributed by atoms with van der Waals surface area (Å²) in [5.74, 6) is 0.548. The zero-order chi connectivity index (χ0) is 14.4.